The van der Waals surface area contributed by atoms with E-state index in [1.165, 1.54) is 57.8 Å². The van der Waals surface area contributed by atoms with Crippen LogP contribution in [0.5, 0.6) is 0 Å². The lowest BCUT2D eigenvalue weighted by Crippen LogP contribution is -2.46. The smallest absolute Gasteiger partial charge is 0.391 e. The van der Waals surface area contributed by atoms with Gasteiger partial charge in [0.1, 0.15) is 13.2 Å². The Kier molecular flexibility index (Phi) is 39.4. The first-order valence-electron chi connectivity index (χ1n) is 23.5. The number of nitrogens with one attached hydrogen (secondary N) is 1. The highest BCUT2D eigenvalue weighted by molar-refractivity contribution is 7.47. The van der Waals surface area contributed by atoms with Crippen LogP contribution < -0.4 is 5.32 Å². The molecule has 0 spiro atoms. The fraction of sp³-hybridized carbons (Fsp3) is 0.700. The molecule has 0 heterocycles. The van der Waals surface area contributed by atoms with E-state index in [4.69, 9.17) is 9.05 Å². The van der Waals surface area contributed by atoms with Crippen molar-refractivity contribution in [2.24, 2.45) is 0 Å². The van der Waals surface area contributed by atoms with Crippen LogP contribution in [0.1, 0.15) is 174 Å². The summed E-state index contributed by atoms with van der Waals surface area (Å²) in [5, 5.41) is 13.8. The quantitative estimate of drug-likeness (QED) is 0.0245. The summed E-state index contributed by atoms with van der Waals surface area (Å²) in [6.45, 7) is 4.68. The van der Waals surface area contributed by atoms with E-state index in [1.54, 1.807) is 0 Å². The third-order valence-electron chi connectivity index (χ3n) is 9.91. The van der Waals surface area contributed by atoms with Gasteiger partial charge >= 0.3 is 7.82 Å². The van der Waals surface area contributed by atoms with Crippen LogP contribution in [0.3, 0.4) is 0 Å². The summed E-state index contributed by atoms with van der Waals surface area (Å²) in [6.07, 6.45) is 56.5. The number of phosphoric ester groups is 1. The Bertz CT molecular complexity index is 1230. The van der Waals surface area contributed by atoms with Gasteiger partial charge in [-0.1, -0.05) is 182 Å². The third-order valence-corrected chi connectivity index (χ3v) is 10.9. The molecule has 0 rings (SSSR count). The van der Waals surface area contributed by atoms with Gasteiger partial charge in [-0.25, -0.2) is 4.57 Å². The summed E-state index contributed by atoms with van der Waals surface area (Å²) < 4.78 is 23.5. The standard InChI is InChI=1S/C50H89N2O6P/c1-6-8-10-12-14-15-16-17-18-19-20-21-22-23-24-25-26-27-28-29-30-31-32-33-34-35-36-37-38-40-42-44-50(54)51-48(49(53)43-41-39-13-11-9-7-2)47-58-59(55,56)57-46-45-52(3,4)5/h8,10,14-15,17-18,20-21,23-24,26-27,29-30,48-49,53H,6-7,9,11-13,16,19,22,25,28,31-47H2,1-5H3,(H-,51,54,55,56)/p+1/b10-8-,15-14-,18-17-,21-20-,24-23-,27-26-,30-29-. The summed E-state index contributed by atoms with van der Waals surface area (Å²) in [7, 11) is 1.59. The van der Waals surface area contributed by atoms with Gasteiger partial charge in [0.15, 0.2) is 0 Å². The molecule has 0 bridgehead atoms. The monoisotopic (exact) mass is 846 g/mol. The Morgan fingerprint density at radius 3 is 1.49 bits per heavy atom. The summed E-state index contributed by atoms with van der Waals surface area (Å²) >= 11 is 0. The number of amides is 1. The van der Waals surface area contributed by atoms with Gasteiger partial charge in [-0.15, -0.1) is 0 Å². The fourth-order valence-electron chi connectivity index (χ4n) is 6.20. The maximum atomic E-state index is 12.8. The van der Waals surface area contributed by atoms with Gasteiger partial charge in [0, 0.05) is 6.42 Å². The van der Waals surface area contributed by atoms with Gasteiger partial charge in [-0.3, -0.25) is 13.8 Å². The highest BCUT2D eigenvalue weighted by Crippen LogP contribution is 2.43. The fourth-order valence-corrected chi connectivity index (χ4v) is 6.94. The van der Waals surface area contributed by atoms with Crippen LogP contribution in [-0.4, -0.2) is 73.4 Å². The molecule has 0 radical (unpaired) electrons. The van der Waals surface area contributed by atoms with Crippen molar-refractivity contribution in [2.75, 3.05) is 40.9 Å². The maximum Gasteiger partial charge on any atom is 0.472 e. The van der Waals surface area contributed by atoms with Crippen LogP contribution in [0.15, 0.2) is 85.1 Å². The molecular weight excluding hydrogens is 756 g/mol. The normalized spacial score (nSPS) is 15.0. The van der Waals surface area contributed by atoms with E-state index < -0.39 is 20.0 Å². The Hall–Kier alpha value is -2.32. The minimum absolute atomic E-state index is 0.0685. The predicted molar refractivity (Wildman–Crippen MR) is 253 cm³/mol. The van der Waals surface area contributed by atoms with E-state index in [0.29, 0.717) is 23.9 Å². The Morgan fingerprint density at radius 2 is 1.02 bits per heavy atom. The van der Waals surface area contributed by atoms with Crippen LogP contribution in [0, 0.1) is 0 Å². The van der Waals surface area contributed by atoms with Crippen LogP contribution in [0.4, 0.5) is 0 Å². The molecule has 0 aromatic carbocycles. The lowest BCUT2D eigenvalue weighted by Gasteiger charge is -2.26. The number of rotatable bonds is 41. The zero-order valence-corrected chi connectivity index (χ0v) is 39.4. The number of allylic oxidation sites excluding steroid dienone is 14. The average molecular weight is 846 g/mol. The number of carbonyl (C=O) groups is 1. The number of carbonyl (C=O) groups excluding carboxylic acids is 1. The minimum atomic E-state index is -4.31. The van der Waals surface area contributed by atoms with Crippen molar-refractivity contribution in [1.29, 1.82) is 0 Å². The molecule has 3 N–H and O–H groups in total. The minimum Gasteiger partial charge on any atom is -0.391 e. The molecule has 0 aromatic heterocycles. The lowest BCUT2D eigenvalue weighted by atomic mass is 10.0. The van der Waals surface area contributed by atoms with Crippen molar-refractivity contribution >= 4 is 13.7 Å². The van der Waals surface area contributed by atoms with Crippen LogP contribution in [0.2, 0.25) is 0 Å². The second kappa shape index (κ2) is 41.1. The largest absolute Gasteiger partial charge is 0.472 e. The van der Waals surface area contributed by atoms with E-state index in [-0.39, 0.29) is 19.1 Å². The van der Waals surface area contributed by atoms with Crippen molar-refractivity contribution in [1.82, 2.24) is 5.32 Å². The zero-order valence-electron chi connectivity index (χ0n) is 38.5. The number of unbranched alkanes of at least 4 members (excludes halogenated alkanes) is 14. The number of phosphoric acid groups is 1. The molecule has 0 fully saturated rings. The topological polar surface area (TPSA) is 105 Å². The van der Waals surface area contributed by atoms with Gasteiger partial charge in [-0.2, -0.15) is 0 Å². The number of nitrogens with zero attached hydrogens (tertiary/aromatic N) is 1. The van der Waals surface area contributed by atoms with Crippen molar-refractivity contribution in [3.8, 4) is 0 Å². The highest BCUT2D eigenvalue weighted by atomic mass is 31.2. The van der Waals surface area contributed by atoms with E-state index in [1.807, 2.05) is 21.1 Å². The first-order chi connectivity index (χ1) is 28.5. The van der Waals surface area contributed by atoms with Crippen molar-refractivity contribution in [2.45, 2.75) is 187 Å². The number of aliphatic hydroxyl groups is 1. The first kappa shape index (κ1) is 56.7. The van der Waals surface area contributed by atoms with Crippen LogP contribution in [-0.2, 0) is 18.4 Å². The van der Waals surface area contributed by atoms with Crippen LogP contribution >= 0.6 is 7.82 Å². The summed E-state index contributed by atoms with van der Waals surface area (Å²) in [6, 6.07) is -0.765. The maximum absolute atomic E-state index is 12.8. The molecule has 340 valence electrons. The SMILES string of the molecule is CC/C=C\C/C=C\C/C=C\C/C=C\C/C=C\C/C=C\C/C=C\CCCCCCCCCCCC(=O)NC(COP(=O)(O)OCC[N+](C)(C)C)C(O)CCCCCCCC. The molecule has 0 saturated carbocycles. The van der Waals surface area contributed by atoms with E-state index in [9.17, 15) is 19.4 Å². The van der Waals surface area contributed by atoms with E-state index in [2.05, 4.69) is 104 Å². The van der Waals surface area contributed by atoms with Gasteiger partial charge in [0.25, 0.3) is 0 Å². The Morgan fingerprint density at radius 1 is 0.593 bits per heavy atom. The summed E-state index contributed by atoms with van der Waals surface area (Å²) in [5.41, 5.74) is 0. The summed E-state index contributed by atoms with van der Waals surface area (Å²) in [5.74, 6) is -0.161. The lowest BCUT2D eigenvalue weighted by molar-refractivity contribution is -0.870. The number of likely N-dealkylation sites (N-methyl/N-ethyl adjacent to an activating group) is 1. The van der Waals surface area contributed by atoms with Crippen molar-refractivity contribution in [3.05, 3.63) is 85.1 Å². The molecule has 0 aliphatic heterocycles. The highest BCUT2D eigenvalue weighted by Gasteiger charge is 2.28. The van der Waals surface area contributed by atoms with Crippen LogP contribution in [0.25, 0.3) is 0 Å². The molecule has 9 heteroatoms. The van der Waals surface area contributed by atoms with E-state index >= 15 is 0 Å². The predicted octanol–water partition coefficient (Wildman–Crippen LogP) is 13.4. The number of hydrogen-bond acceptors (Lipinski definition) is 5. The average Bonchev–Trinajstić information content (AvgIpc) is 3.19. The van der Waals surface area contributed by atoms with Crippen molar-refractivity contribution < 1.29 is 32.9 Å². The number of quaternary nitrogens is 1. The molecule has 0 aliphatic rings. The van der Waals surface area contributed by atoms with E-state index in [0.717, 1.165) is 89.9 Å². The summed E-state index contributed by atoms with van der Waals surface area (Å²) in [4.78, 5) is 23.0. The Labute approximate surface area is 363 Å². The van der Waals surface area contributed by atoms with Gasteiger partial charge in [-0.05, 0) is 70.6 Å². The molecule has 0 saturated heterocycles. The number of hydrogen-bond donors (Lipinski definition) is 3. The Balaban J connectivity index is 4.04. The molecule has 8 nitrogen and oxygen atoms in total. The zero-order chi connectivity index (χ0) is 43.6. The molecule has 3 atom stereocenters. The molecule has 0 aromatic rings. The van der Waals surface area contributed by atoms with Gasteiger partial charge < -0.3 is 19.8 Å². The molecule has 1 amide bonds. The molecule has 0 aliphatic carbocycles. The molecule has 3 unspecified atom stereocenters. The van der Waals surface area contributed by atoms with Crippen molar-refractivity contribution in [3.63, 3.8) is 0 Å². The second-order valence-electron chi connectivity index (χ2n) is 16.8. The number of aliphatic hydroxyl groups excluding tert-OH is 1. The third kappa shape index (κ3) is 43.6. The van der Waals surface area contributed by atoms with Gasteiger partial charge in [0.2, 0.25) is 5.91 Å². The molecular formula is C50H90N2O6P+. The van der Waals surface area contributed by atoms with Gasteiger partial charge in [0.05, 0.1) is 39.9 Å². The first-order valence-corrected chi connectivity index (χ1v) is 24.9. The second-order valence-corrected chi connectivity index (χ2v) is 18.2. The molecule has 59 heavy (non-hydrogen) atoms.